The van der Waals surface area contributed by atoms with Crippen LogP contribution in [0.3, 0.4) is 0 Å². The molecule has 0 bridgehead atoms. The molecule has 0 aliphatic rings. The molecule has 0 aliphatic heterocycles. The normalized spacial score (nSPS) is 9.86. The molecule has 0 spiro atoms. The molecule has 0 heterocycles. The highest BCUT2D eigenvalue weighted by Crippen LogP contribution is 2.13. The molecule has 1 rings (SSSR count). The van der Waals surface area contributed by atoms with E-state index in [1.807, 2.05) is 0 Å². The van der Waals surface area contributed by atoms with Gasteiger partial charge in [-0.1, -0.05) is 0 Å². The molecule has 3 nitrogen and oxygen atoms in total. The maximum Gasteiger partial charge on any atom is 0.170 e. The number of carbonyl (C=O) groups is 2. The van der Waals surface area contributed by atoms with Crippen LogP contribution in [0.5, 0.6) is 0 Å². The quantitative estimate of drug-likeness (QED) is 0.452. The third kappa shape index (κ3) is 2.39. The van der Waals surface area contributed by atoms with E-state index in [0.717, 1.165) is 6.07 Å². The van der Waals surface area contributed by atoms with E-state index in [-0.39, 0.29) is 29.2 Å². The molecular weight excluding hydrogens is 185 g/mol. The molecule has 0 aromatic heterocycles. The van der Waals surface area contributed by atoms with Crippen LogP contribution in [-0.2, 0) is 4.79 Å². The summed E-state index contributed by atoms with van der Waals surface area (Å²) in [5.74, 6) is -1.13. The summed E-state index contributed by atoms with van der Waals surface area (Å²) in [4.78, 5) is 22.0. The lowest BCUT2D eigenvalue weighted by atomic mass is 10.1. The van der Waals surface area contributed by atoms with Crippen molar-refractivity contribution in [1.82, 2.24) is 0 Å². The number of nitrogen functional groups attached to an aromatic ring is 1. The molecule has 0 saturated heterocycles. The lowest BCUT2D eigenvalue weighted by Gasteiger charge is -2.00. The highest BCUT2D eigenvalue weighted by atomic mass is 19.1. The lowest BCUT2D eigenvalue weighted by Crippen LogP contribution is -2.05. The van der Waals surface area contributed by atoms with Gasteiger partial charge in [-0.2, -0.15) is 0 Å². The van der Waals surface area contributed by atoms with Gasteiger partial charge in [0.05, 0.1) is 12.1 Å². The van der Waals surface area contributed by atoms with Crippen LogP contribution in [0, 0.1) is 5.82 Å². The summed E-state index contributed by atoms with van der Waals surface area (Å²) in [6, 6.07) is 3.67. The molecule has 2 N–H and O–H groups in total. The first kappa shape index (κ1) is 10.4. The van der Waals surface area contributed by atoms with E-state index in [9.17, 15) is 14.0 Å². The number of Topliss-reactive ketones (excluding diaryl/α,β-unsaturated/α-hetero) is 2. The summed E-state index contributed by atoms with van der Waals surface area (Å²) in [5, 5.41) is 0. The van der Waals surface area contributed by atoms with Gasteiger partial charge in [-0.05, 0) is 25.1 Å². The Hall–Kier alpha value is -1.71. The zero-order valence-electron chi connectivity index (χ0n) is 7.71. The van der Waals surface area contributed by atoms with Crippen molar-refractivity contribution in [3.8, 4) is 0 Å². The van der Waals surface area contributed by atoms with E-state index >= 15 is 0 Å². The summed E-state index contributed by atoms with van der Waals surface area (Å²) in [7, 11) is 0. The Labute approximate surface area is 80.7 Å². The van der Waals surface area contributed by atoms with E-state index in [1.165, 1.54) is 19.1 Å². The molecule has 0 atom stereocenters. The highest BCUT2D eigenvalue weighted by molar-refractivity contribution is 6.07. The smallest absolute Gasteiger partial charge is 0.170 e. The monoisotopic (exact) mass is 195 g/mol. The number of halogens is 1. The van der Waals surface area contributed by atoms with Crippen LogP contribution in [-0.4, -0.2) is 11.6 Å². The van der Waals surface area contributed by atoms with Gasteiger partial charge in [-0.15, -0.1) is 0 Å². The molecule has 0 radical (unpaired) electrons. The summed E-state index contributed by atoms with van der Waals surface area (Å²) in [5.41, 5.74) is 5.46. The highest BCUT2D eigenvalue weighted by Gasteiger charge is 2.09. The Kier molecular flexibility index (Phi) is 2.96. The second-order valence-electron chi connectivity index (χ2n) is 3.04. The third-order valence-corrected chi connectivity index (χ3v) is 1.73. The molecule has 4 heteroatoms. The Balaban J connectivity index is 2.91. The molecule has 0 aliphatic carbocycles. The number of carbonyl (C=O) groups excluding carboxylic acids is 2. The first-order valence-corrected chi connectivity index (χ1v) is 4.08. The predicted molar refractivity (Wildman–Crippen MR) is 50.4 cm³/mol. The van der Waals surface area contributed by atoms with Crippen molar-refractivity contribution < 1.29 is 14.0 Å². The topological polar surface area (TPSA) is 60.2 Å². The van der Waals surface area contributed by atoms with Crippen LogP contribution in [0.2, 0.25) is 0 Å². The van der Waals surface area contributed by atoms with Gasteiger partial charge in [0.2, 0.25) is 0 Å². The third-order valence-electron chi connectivity index (χ3n) is 1.73. The standard InChI is InChI=1S/C10H10FNO2/c1-6(13)4-10(14)7-2-3-8(11)9(12)5-7/h2-3,5H,4,12H2,1H3. The average molecular weight is 195 g/mol. The van der Waals surface area contributed by atoms with Crippen molar-refractivity contribution in [2.75, 3.05) is 5.73 Å². The maximum absolute atomic E-state index is 12.7. The van der Waals surface area contributed by atoms with Gasteiger partial charge in [-0.3, -0.25) is 9.59 Å². The van der Waals surface area contributed by atoms with E-state index in [2.05, 4.69) is 0 Å². The molecule has 74 valence electrons. The largest absolute Gasteiger partial charge is 0.396 e. The summed E-state index contributed by atoms with van der Waals surface area (Å²) in [6.07, 6.45) is -0.176. The van der Waals surface area contributed by atoms with E-state index < -0.39 is 5.82 Å². The zero-order chi connectivity index (χ0) is 10.7. The predicted octanol–water partition coefficient (Wildman–Crippen LogP) is 1.57. The molecule has 0 saturated carbocycles. The second-order valence-corrected chi connectivity index (χ2v) is 3.04. The van der Waals surface area contributed by atoms with Gasteiger partial charge in [0.1, 0.15) is 11.6 Å². The fourth-order valence-electron chi connectivity index (χ4n) is 1.05. The van der Waals surface area contributed by atoms with Crippen LogP contribution in [0.1, 0.15) is 23.7 Å². The van der Waals surface area contributed by atoms with Gasteiger partial charge in [0, 0.05) is 5.56 Å². The fourth-order valence-corrected chi connectivity index (χ4v) is 1.05. The Morgan fingerprint density at radius 2 is 2.07 bits per heavy atom. The van der Waals surface area contributed by atoms with E-state index in [4.69, 9.17) is 5.73 Å². The Morgan fingerprint density at radius 3 is 2.57 bits per heavy atom. The SMILES string of the molecule is CC(=O)CC(=O)c1ccc(F)c(N)c1. The molecular formula is C10H10FNO2. The van der Waals surface area contributed by atoms with Crippen LogP contribution >= 0.6 is 0 Å². The van der Waals surface area contributed by atoms with Crippen molar-refractivity contribution in [2.24, 2.45) is 0 Å². The number of anilines is 1. The minimum Gasteiger partial charge on any atom is -0.396 e. The molecule has 0 amide bonds. The summed E-state index contributed by atoms with van der Waals surface area (Å²) in [6.45, 7) is 1.32. The van der Waals surface area contributed by atoms with Gasteiger partial charge in [0.25, 0.3) is 0 Å². The Bertz CT molecular complexity index is 388. The van der Waals surface area contributed by atoms with Crippen molar-refractivity contribution in [2.45, 2.75) is 13.3 Å². The van der Waals surface area contributed by atoms with Crippen molar-refractivity contribution in [3.63, 3.8) is 0 Å². The zero-order valence-corrected chi connectivity index (χ0v) is 7.71. The number of hydrogen-bond donors (Lipinski definition) is 1. The van der Waals surface area contributed by atoms with Gasteiger partial charge >= 0.3 is 0 Å². The Morgan fingerprint density at radius 1 is 1.43 bits per heavy atom. The van der Waals surface area contributed by atoms with Crippen LogP contribution in [0.4, 0.5) is 10.1 Å². The number of ketones is 2. The fraction of sp³-hybridized carbons (Fsp3) is 0.200. The minimum absolute atomic E-state index is 0.0839. The van der Waals surface area contributed by atoms with Crippen molar-refractivity contribution in [1.29, 1.82) is 0 Å². The van der Waals surface area contributed by atoms with Crippen molar-refractivity contribution in [3.05, 3.63) is 29.6 Å². The average Bonchev–Trinajstić information content (AvgIpc) is 2.08. The molecule has 1 aromatic carbocycles. The van der Waals surface area contributed by atoms with Crippen LogP contribution in [0.25, 0.3) is 0 Å². The lowest BCUT2D eigenvalue weighted by molar-refractivity contribution is -0.116. The number of nitrogens with two attached hydrogens (primary N) is 1. The molecule has 1 aromatic rings. The molecule has 0 unspecified atom stereocenters. The number of rotatable bonds is 3. The maximum atomic E-state index is 12.7. The van der Waals surface area contributed by atoms with E-state index in [1.54, 1.807) is 0 Å². The van der Waals surface area contributed by atoms with Gasteiger partial charge in [-0.25, -0.2) is 4.39 Å². The number of hydrogen-bond acceptors (Lipinski definition) is 3. The van der Waals surface area contributed by atoms with Gasteiger partial charge < -0.3 is 5.73 Å². The van der Waals surface area contributed by atoms with Crippen LogP contribution < -0.4 is 5.73 Å². The first-order valence-electron chi connectivity index (χ1n) is 4.08. The summed E-state index contributed by atoms with van der Waals surface area (Å²) >= 11 is 0. The first-order chi connectivity index (χ1) is 6.50. The second kappa shape index (κ2) is 4.00. The molecule has 14 heavy (non-hydrogen) atoms. The van der Waals surface area contributed by atoms with Crippen molar-refractivity contribution >= 4 is 17.3 Å². The summed E-state index contributed by atoms with van der Waals surface area (Å²) < 4.78 is 12.7. The molecule has 0 fully saturated rings. The number of benzene rings is 1. The minimum atomic E-state index is -0.565. The van der Waals surface area contributed by atoms with Crippen LogP contribution in [0.15, 0.2) is 18.2 Å². The van der Waals surface area contributed by atoms with Gasteiger partial charge in [0.15, 0.2) is 5.78 Å². The van der Waals surface area contributed by atoms with E-state index in [0.29, 0.717) is 0 Å².